The molecule has 0 amide bonds. The van der Waals surface area contributed by atoms with Crippen LogP contribution in [0, 0.1) is 11.8 Å². The van der Waals surface area contributed by atoms with Crippen LogP contribution in [0.4, 0.5) is 0 Å². The quantitative estimate of drug-likeness (QED) is 0.823. The molecule has 16 heavy (non-hydrogen) atoms. The zero-order chi connectivity index (χ0) is 11.1. The molecule has 1 aromatic heterocycles. The minimum atomic E-state index is 0.381. The molecule has 0 spiro atoms. The van der Waals surface area contributed by atoms with Crippen LogP contribution < -0.4 is 5.32 Å². The summed E-state index contributed by atoms with van der Waals surface area (Å²) in [7, 11) is 2.07. The monoisotopic (exact) mass is 219 g/mol. The summed E-state index contributed by atoms with van der Waals surface area (Å²) in [5, 5.41) is 3.80. The lowest BCUT2D eigenvalue weighted by Gasteiger charge is -2.22. The number of aromatic nitrogens is 2. The van der Waals surface area contributed by atoms with Crippen molar-refractivity contribution < 1.29 is 0 Å². The molecule has 3 nitrogen and oxygen atoms in total. The summed E-state index contributed by atoms with van der Waals surface area (Å²) in [5.74, 6) is 3.07. The minimum Gasteiger partial charge on any atom is -0.337 e. The summed E-state index contributed by atoms with van der Waals surface area (Å²) in [6.45, 7) is 2.24. The van der Waals surface area contributed by atoms with Gasteiger partial charge in [-0.25, -0.2) is 4.98 Å². The van der Waals surface area contributed by atoms with Gasteiger partial charge in [-0.15, -0.1) is 0 Å². The average molecular weight is 219 g/mol. The first-order chi connectivity index (χ1) is 7.75. The van der Waals surface area contributed by atoms with E-state index in [4.69, 9.17) is 0 Å². The molecule has 2 fully saturated rings. The molecular weight excluding hydrogens is 198 g/mol. The third-order valence-electron chi connectivity index (χ3n) is 3.95. The highest BCUT2D eigenvalue weighted by atomic mass is 15.1. The van der Waals surface area contributed by atoms with Crippen molar-refractivity contribution in [3.05, 3.63) is 18.2 Å². The third kappa shape index (κ3) is 2.01. The van der Waals surface area contributed by atoms with E-state index in [1.165, 1.54) is 25.7 Å². The van der Waals surface area contributed by atoms with Crippen molar-refractivity contribution in [2.24, 2.45) is 18.9 Å². The number of aryl methyl sites for hydroxylation is 1. The molecule has 2 saturated carbocycles. The van der Waals surface area contributed by atoms with Gasteiger partial charge in [-0.3, -0.25) is 0 Å². The van der Waals surface area contributed by atoms with Gasteiger partial charge in [-0.05, 0) is 44.4 Å². The maximum Gasteiger partial charge on any atom is 0.125 e. The van der Waals surface area contributed by atoms with E-state index in [0.29, 0.717) is 6.04 Å². The Labute approximate surface area is 97.3 Å². The molecule has 0 saturated heterocycles. The van der Waals surface area contributed by atoms with E-state index < -0.39 is 0 Å². The van der Waals surface area contributed by atoms with Crippen molar-refractivity contribution in [3.63, 3.8) is 0 Å². The highest BCUT2D eigenvalue weighted by molar-refractivity contribution is 5.02. The third-order valence-corrected chi connectivity index (χ3v) is 3.95. The number of nitrogens with zero attached hydrogens (tertiary/aromatic N) is 2. The molecule has 88 valence electrons. The van der Waals surface area contributed by atoms with Crippen molar-refractivity contribution in [1.29, 1.82) is 0 Å². The Hall–Kier alpha value is -0.830. The summed E-state index contributed by atoms with van der Waals surface area (Å²) in [6, 6.07) is 1.14. The van der Waals surface area contributed by atoms with Gasteiger partial charge in [0.1, 0.15) is 5.82 Å². The molecular formula is C13H21N3. The summed E-state index contributed by atoms with van der Waals surface area (Å²) in [4.78, 5) is 4.43. The Morgan fingerprint density at radius 3 is 2.38 bits per heavy atom. The minimum absolute atomic E-state index is 0.381. The molecule has 0 radical (unpaired) electrons. The standard InChI is InChI=1S/C13H21N3/c1-9(13-14-7-8-16(13)2)15-12(10-3-4-10)11-5-6-11/h7-12,15H,3-6H2,1-2H3. The fourth-order valence-corrected chi connectivity index (χ4v) is 2.73. The van der Waals surface area contributed by atoms with E-state index in [1.807, 2.05) is 12.4 Å². The Morgan fingerprint density at radius 2 is 1.94 bits per heavy atom. The van der Waals surface area contributed by atoms with Crippen LogP contribution in [0.5, 0.6) is 0 Å². The van der Waals surface area contributed by atoms with E-state index >= 15 is 0 Å². The van der Waals surface area contributed by atoms with Crippen molar-refractivity contribution in [1.82, 2.24) is 14.9 Å². The molecule has 1 N–H and O–H groups in total. The first kappa shape index (κ1) is 10.3. The van der Waals surface area contributed by atoms with Crippen LogP contribution in [0.1, 0.15) is 44.5 Å². The van der Waals surface area contributed by atoms with Gasteiger partial charge in [0.25, 0.3) is 0 Å². The largest absolute Gasteiger partial charge is 0.337 e. The van der Waals surface area contributed by atoms with E-state index in [2.05, 4.69) is 28.8 Å². The highest BCUT2D eigenvalue weighted by Crippen LogP contribution is 2.45. The van der Waals surface area contributed by atoms with Crippen LogP contribution in [-0.2, 0) is 7.05 Å². The van der Waals surface area contributed by atoms with Gasteiger partial charge in [0.05, 0.1) is 6.04 Å². The van der Waals surface area contributed by atoms with Crippen LogP contribution in [0.3, 0.4) is 0 Å². The van der Waals surface area contributed by atoms with Crippen molar-refractivity contribution >= 4 is 0 Å². The summed E-state index contributed by atoms with van der Waals surface area (Å²) >= 11 is 0. The van der Waals surface area contributed by atoms with E-state index in [0.717, 1.165) is 23.7 Å². The van der Waals surface area contributed by atoms with Crippen LogP contribution in [0.25, 0.3) is 0 Å². The molecule has 2 aliphatic carbocycles. The number of imidazole rings is 1. The molecule has 1 atom stereocenters. The Morgan fingerprint density at radius 1 is 1.31 bits per heavy atom. The van der Waals surface area contributed by atoms with Gasteiger partial charge in [-0.2, -0.15) is 0 Å². The molecule has 3 heteroatoms. The maximum absolute atomic E-state index is 4.43. The molecule has 2 aliphatic rings. The molecule has 3 rings (SSSR count). The topological polar surface area (TPSA) is 29.9 Å². The van der Waals surface area contributed by atoms with Crippen molar-refractivity contribution in [2.45, 2.75) is 44.7 Å². The predicted molar refractivity (Wildman–Crippen MR) is 64.0 cm³/mol. The predicted octanol–water partition coefficient (Wildman–Crippen LogP) is 2.26. The summed E-state index contributed by atoms with van der Waals surface area (Å²) in [6.07, 6.45) is 9.64. The zero-order valence-corrected chi connectivity index (χ0v) is 10.2. The second-order valence-corrected chi connectivity index (χ2v) is 5.49. The molecule has 0 bridgehead atoms. The number of hydrogen-bond acceptors (Lipinski definition) is 2. The summed E-state index contributed by atoms with van der Waals surface area (Å²) < 4.78 is 2.12. The molecule has 0 aromatic carbocycles. The number of rotatable bonds is 5. The first-order valence-corrected chi connectivity index (χ1v) is 6.49. The van der Waals surface area contributed by atoms with Gasteiger partial charge in [0.2, 0.25) is 0 Å². The average Bonchev–Trinajstić information content (AvgIpc) is 3.14. The molecule has 0 aliphatic heterocycles. The second-order valence-electron chi connectivity index (χ2n) is 5.49. The van der Waals surface area contributed by atoms with Crippen LogP contribution in [-0.4, -0.2) is 15.6 Å². The van der Waals surface area contributed by atoms with Crippen molar-refractivity contribution in [3.8, 4) is 0 Å². The van der Waals surface area contributed by atoms with E-state index in [-0.39, 0.29) is 0 Å². The van der Waals surface area contributed by atoms with Crippen molar-refractivity contribution in [2.75, 3.05) is 0 Å². The first-order valence-electron chi connectivity index (χ1n) is 6.49. The number of nitrogens with one attached hydrogen (secondary N) is 1. The lowest BCUT2D eigenvalue weighted by Crippen LogP contribution is -2.36. The van der Waals surface area contributed by atoms with E-state index in [9.17, 15) is 0 Å². The van der Waals surface area contributed by atoms with Gasteiger partial charge in [-0.1, -0.05) is 0 Å². The smallest absolute Gasteiger partial charge is 0.125 e. The zero-order valence-electron chi connectivity index (χ0n) is 10.2. The van der Waals surface area contributed by atoms with Gasteiger partial charge in [0.15, 0.2) is 0 Å². The van der Waals surface area contributed by atoms with Crippen LogP contribution >= 0.6 is 0 Å². The van der Waals surface area contributed by atoms with Gasteiger partial charge < -0.3 is 9.88 Å². The molecule has 1 aromatic rings. The Bertz CT molecular complexity index is 351. The van der Waals surface area contributed by atoms with Crippen LogP contribution in [0.15, 0.2) is 12.4 Å². The second kappa shape index (κ2) is 3.88. The lowest BCUT2D eigenvalue weighted by atomic mass is 10.1. The fraction of sp³-hybridized carbons (Fsp3) is 0.769. The SMILES string of the molecule is CC(NC(C1CC1)C1CC1)c1nccn1C. The summed E-state index contributed by atoms with van der Waals surface area (Å²) in [5.41, 5.74) is 0. The normalized spacial score (nSPS) is 22.7. The molecule has 1 heterocycles. The van der Waals surface area contributed by atoms with Crippen LogP contribution in [0.2, 0.25) is 0 Å². The maximum atomic E-state index is 4.43. The lowest BCUT2D eigenvalue weighted by molar-refractivity contribution is 0.366. The Balaban J connectivity index is 1.66. The van der Waals surface area contributed by atoms with Gasteiger partial charge in [0, 0.05) is 25.5 Å². The Kier molecular flexibility index (Phi) is 2.51. The fourth-order valence-electron chi connectivity index (χ4n) is 2.73. The van der Waals surface area contributed by atoms with Gasteiger partial charge >= 0.3 is 0 Å². The highest BCUT2D eigenvalue weighted by Gasteiger charge is 2.42. The number of hydrogen-bond donors (Lipinski definition) is 1. The molecule has 1 unspecified atom stereocenters. The van der Waals surface area contributed by atoms with E-state index in [1.54, 1.807) is 0 Å².